The normalized spacial score (nSPS) is 15.0. The smallest absolute Gasteiger partial charge is 0.268 e. The van der Waals surface area contributed by atoms with Crippen LogP contribution in [0.4, 0.5) is 0 Å². The Morgan fingerprint density at radius 3 is 1.25 bits per heavy atom. The van der Waals surface area contributed by atoms with Crippen LogP contribution in [-0.2, 0) is 18.4 Å². The first-order chi connectivity index (χ1) is 34.5. The van der Waals surface area contributed by atoms with Gasteiger partial charge in [-0.05, 0) is 96.3 Å². The van der Waals surface area contributed by atoms with Gasteiger partial charge in [0.05, 0.1) is 39.9 Å². The summed E-state index contributed by atoms with van der Waals surface area (Å²) in [6, 6.07) is -0.910. The predicted molar refractivity (Wildman–Crippen MR) is 306 cm³/mol. The van der Waals surface area contributed by atoms with E-state index in [9.17, 15) is 19.4 Å². The maximum Gasteiger partial charge on any atom is 0.268 e. The summed E-state index contributed by atoms with van der Waals surface area (Å²) in [6.07, 6.45) is 78.0. The highest BCUT2D eigenvalue weighted by Crippen LogP contribution is 2.38. The van der Waals surface area contributed by atoms with Crippen molar-refractivity contribution >= 4 is 13.7 Å². The van der Waals surface area contributed by atoms with Crippen molar-refractivity contribution in [1.82, 2.24) is 5.32 Å². The Balaban J connectivity index is 4.27. The van der Waals surface area contributed by atoms with Gasteiger partial charge in [-0.3, -0.25) is 9.36 Å². The highest BCUT2D eigenvalue weighted by molar-refractivity contribution is 7.45. The van der Waals surface area contributed by atoms with E-state index in [1.54, 1.807) is 6.08 Å². The number of carbonyl (C=O) groups is 1. The number of aliphatic hydroxyl groups is 1. The molecule has 0 aliphatic heterocycles. The number of phosphoric acid groups is 1. The molecular weight excluding hydrogens is 900 g/mol. The summed E-state index contributed by atoms with van der Waals surface area (Å²) < 4.78 is 23.3. The number of hydrogen-bond donors (Lipinski definition) is 2. The van der Waals surface area contributed by atoms with E-state index in [1.165, 1.54) is 64.2 Å². The van der Waals surface area contributed by atoms with Gasteiger partial charge in [0, 0.05) is 6.42 Å². The Morgan fingerprint density at radius 1 is 0.507 bits per heavy atom. The van der Waals surface area contributed by atoms with Crippen molar-refractivity contribution in [3.8, 4) is 0 Å². The highest BCUT2D eigenvalue weighted by Gasteiger charge is 2.23. The van der Waals surface area contributed by atoms with Crippen molar-refractivity contribution in [2.24, 2.45) is 0 Å². The lowest BCUT2D eigenvalue weighted by Gasteiger charge is -2.29. The Morgan fingerprint density at radius 2 is 0.859 bits per heavy atom. The van der Waals surface area contributed by atoms with Crippen molar-refractivity contribution in [3.05, 3.63) is 134 Å². The molecule has 0 spiro atoms. The molecule has 0 aliphatic rings. The largest absolute Gasteiger partial charge is 0.756 e. The number of carbonyl (C=O) groups excluding carboxylic acids is 1. The minimum atomic E-state index is -4.61. The van der Waals surface area contributed by atoms with Crippen LogP contribution in [0, 0.1) is 0 Å². The third-order valence-electron chi connectivity index (χ3n) is 11.6. The number of aliphatic hydroxyl groups excluding tert-OH is 1. The second kappa shape index (κ2) is 51.5. The Labute approximate surface area is 436 Å². The summed E-state index contributed by atoms with van der Waals surface area (Å²) in [6.45, 7) is 4.49. The molecule has 71 heavy (non-hydrogen) atoms. The third-order valence-corrected chi connectivity index (χ3v) is 12.6. The van der Waals surface area contributed by atoms with Crippen molar-refractivity contribution in [1.29, 1.82) is 0 Å². The Hall–Kier alpha value is -3.36. The molecule has 0 aromatic heterocycles. The van der Waals surface area contributed by atoms with E-state index >= 15 is 0 Å². The molecule has 8 nitrogen and oxygen atoms in total. The summed E-state index contributed by atoms with van der Waals surface area (Å²) in [5.41, 5.74) is 0. The van der Waals surface area contributed by atoms with Gasteiger partial charge in [0.15, 0.2) is 0 Å². The van der Waals surface area contributed by atoms with E-state index in [0.29, 0.717) is 17.4 Å². The molecule has 0 aromatic rings. The Bertz CT molecular complexity index is 1610. The van der Waals surface area contributed by atoms with E-state index < -0.39 is 26.6 Å². The topological polar surface area (TPSA) is 108 Å². The molecule has 0 fully saturated rings. The summed E-state index contributed by atoms with van der Waals surface area (Å²) >= 11 is 0. The molecule has 0 rings (SSSR count). The number of unbranched alkanes of at least 4 members (excludes halogenated alkanes) is 16. The molecule has 0 aliphatic carbocycles. The van der Waals surface area contributed by atoms with Crippen LogP contribution < -0.4 is 10.2 Å². The molecule has 0 heterocycles. The van der Waals surface area contributed by atoms with Crippen molar-refractivity contribution < 1.29 is 32.9 Å². The standard InChI is InChI=1S/C62H105N2O6P/c1-6-8-10-12-14-16-18-20-22-23-24-25-26-27-28-29-30-31-32-33-34-35-36-37-38-39-40-41-42-44-46-48-50-52-54-56-62(66)63-60(59-70-71(67,68)69-58-57-64(3,4)5)61(65)55-53-51-49-47-45-43-21-19-17-15-13-11-9-7-2/h8,10,14,16,20,22,24-25,27-28,30-31,33-34,36-37,39-40,42,44,53,55,60-61,65H,6-7,9,11-13,15,17-19,21,23,26,29,32,35,38,41,43,45-52,54,56-59H2,1-5H3,(H-,63,66,67,68)/b10-8-,16-14-,22-20-,25-24-,28-27-,31-30-,34-33-,37-36-,40-39-,44-42-,55-53+. The van der Waals surface area contributed by atoms with Crippen LogP contribution in [0.5, 0.6) is 0 Å². The minimum absolute atomic E-state index is 0.0136. The monoisotopic (exact) mass is 1000 g/mol. The van der Waals surface area contributed by atoms with Gasteiger partial charge in [-0.25, -0.2) is 0 Å². The second-order valence-electron chi connectivity index (χ2n) is 19.6. The summed E-state index contributed by atoms with van der Waals surface area (Å²) in [7, 11) is 1.22. The molecule has 0 aromatic carbocycles. The highest BCUT2D eigenvalue weighted by atomic mass is 31.2. The van der Waals surface area contributed by atoms with Gasteiger partial charge in [0.25, 0.3) is 7.82 Å². The van der Waals surface area contributed by atoms with Gasteiger partial charge in [0.2, 0.25) is 5.91 Å². The van der Waals surface area contributed by atoms with E-state index in [2.05, 4.69) is 141 Å². The zero-order valence-electron chi connectivity index (χ0n) is 45.9. The number of nitrogens with zero attached hydrogens (tertiary/aromatic N) is 1. The second-order valence-corrected chi connectivity index (χ2v) is 21.0. The van der Waals surface area contributed by atoms with E-state index in [0.717, 1.165) is 116 Å². The van der Waals surface area contributed by atoms with Crippen LogP contribution in [0.15, 0.2) is 134 Å². The summed E-state index contributed by atoms with van der Waals surface area (Å²) in [5.74, 6) is -0.228. The molecule has 0 radical (unpaired) electrons. The molecule has 3 atom stereocenters. The number of rotatable bonds is 49. The van der Waals surface area contributed by atoms with E-state index in [-0.39, 0.29) is 12.5 Å². The Kier molecular flexibility index (Phi) is 49.1. The molecule has 2 N–H and O–H groups in total. The van der Waals surface area contributed by atoms with E-state index in [1.807, 2.05) is 27.2 Å². The molecule has 404 valence electrons. The molecule has 1 amide bonds. The zero-order chi connectivity index (χ0) is 52.0. The SMILES string of the molecule is CC/C=C\C/C=C\C/C=C\C/C=C\C/C=C\C/C=C\C/C=C\C/C=C\C/C=C\C/C=C\CCCCCCC(=O)NC(COP(=O)([O-])OCC[N+](C)(C)C)C(O)/C=C/CCCCCCCCCCCCCC. The summed E-state index contributed by atoms with van der Waals surface area (Å²) in [5, 5.41) is 13.8. The first-order valence-electron chi connectivity index (χ1n) is 28.0. The first kappa shape index (κ1) is 67.6. The van der Waals surface area contributed by atoms with Gasteiger partial charge in [-0.15, -0.1) is 0 Å². The van der Waals surface area contributed by atoms with Gasteiger partial charge >= 0.3 is 0 Å². The van der Waals surface area contributed by atoms with Gasteiger partial charge in [-0.2, -0.15) is 0 Å². The van der Waals surface area contributed by atoms with Gasteiger partial charge < -0.3 is 28.8 Å². The lowest BCUT2D eigenvalue weighted by molar-refractivity contribution is -0.870. The lowest BCUT2D eigenvalue weighted by Crippen LogP contribution is -2.45. The van der Waals surface area contributed by atoms with Crippen LogP contribution in [0.2, 0.25) is 0 Å². The average Bonchev–Trinajstić information content (AvgIpc) is 3.33. The van der Waals surface area contributed by atoms with Crippen LogP contribution in [0.1, 0.15) is 200 Å². The molecule has 9 heteroatoms. The molecule has 0 saturated carbocycles. The van der Waals surface area contributed by atoms with Crippen LogP contribution >= 0.6 is 7.82 Å². The maximum atomic E-state index is 12.9. The lowest BCUT2D eigenvalue weighted by atomic mass is 10.0. The molecular formula is C62H105N2O6P. The van der Waals surface area contributed by atoms with Crippen molar-refractivity contribution in [2.45, 2.75) is 212 Å². The third kappa shape index (κ3) is 54.3. The maximum absolute atomic E-state index is 12.9. The quantitative estimate of drug-likeness (QED) is 0.0272. The van der Waals surface area contributed by atoms with Gasteiger partial charge in [-0.1, -0.05) is 231 Å². The van der Waals surface area contributed by atoms with Crippen LogP contribution in [0.25, 0.3) is 0 Å². The number of allylic oxidation sites excluding steroid dienone is 21. The number of hydrogen-bond acceptors (Lipinski definition) is 6. The number of amides is 1. The molecule has 0 saturated heterocycles. The minimum Gasteiger partial charge on any atom is -0.756 e. The molecule has 0 bridgehead atoms. The van der Waals surface area contributed by atoms with Crippen LogP contribution in [0.3, 0.4) is 0 Å². The molecule has 3 unspecified atom stereocenters. The van der Waals surface area contributed by atoms with Crippen molar-refractivity contribution in [3.63, 3.8) is 0 Å². The fourth-order valence-corrected chi connectivity index (χ4v) is 7.96. The van der Waals surface area contributed by atoms with Gasteiger partial charge in [0.1, 0.15) is 13.2 Å². The number of quaternary nitrogens is 1. The number of nitrogens with one attached hydrogen (secondary N) is 1. The van der Waals surface area contributed by atoms with Crippen LogP contribution in [-0.4, -0.2) is 68.5 Å². The fourth-order valence-electron chi connectivity index (χ4n) is 7.24. The fraction of sp³-hybridized carbons (Fsp3) is 0.629. The number of phosphoric ester groups is 1. The average molecular weight is 1010 g/mol. The van der Waals surface area contributed by atoms with E-state index in [4.69, 9.17) is 9.05 Å². The first-order valence-corrected chi connectivity index (χ1v) is 29.5. The van der Waals surface area contributed by atoms with Crippen molar-refractivity contribution in [2.75, 3.05) is 40.9 Å². The number of likely N-dealkylation sites (N-methyl/N-ethyl adjacent to an activating group) is 1. The predicted octanol–water partition coefficient (Wildman–Crippen LogP) is 16.5. The summed E-state index contributed by atoms with van der Waals surface area (Å²) in [4.78, 5) is 25.4. The zero-order valence-corrected chi connectivity index (χ0v) is 46.8.